The molecule has 5 nitrogen and oxygen atoms in total. The van der Waals surface area contributed by atoms with Gasteiger partial charge in [-0.2, -0.15) is 0 Å². The fraction of sp³-hybridized carbons (Fsp3) is 0.273. The highest BCUT2D eigenvalue weighted by Crippen LogP contribution is 2.09. The van der Waals surface area contributed by atoms with E-state index in [4.69, 9.17) is 4.42 Å². The molecule has 3 heterocycles. The predicted octanol–water partition coefficient (Wildman–Crippen LogP) is 0.534. The molecule has 0 atom stereocenters. The summed E-state index contributed by atoms with van der Waals surface area (Å²) in [6.45, 7) is 2.17. The Kier molecular flexibility index (Phi) is 3.50. The van der Waals surface area contributed by atoms with Crippen LogP contribution >= 0.6 is 0 Å². The largest absolute Gasteiger partial charge is 0.463 e. The van der Waals surface area contributed by atoms with Crippen molar-refractivity contribution in [2.75, 3.05) is 19.6 Å². The van der Waals surface area contributed by atoms with Crippen molar-refractivity contribution in [3.05, 3.63) is 30.7 Å². The molecule has 0 aliphatic carbocycles. The highest BCUT2D eigenvalue weighted by atomic mass is 16.3. The second-order valence-electron chi connectivity index (χ2n) is 3.33. The van der Waals surface area contributed by atoms with Crippen LogP contribution in [-0.4, -0.2) is 30.5 Å². The standard InChI is InChI=1S/C7H5NO.C4H8N2O/c1-2-7-6(8-4-1)3-5-9-7;7-4-3-5-1-2-6-4/h1-5H;5H,1-3H2,(H,6,7). The monoisotopic (exact) mass is 219 g/mol. The van der Waals surface area contributed by atoms with Gasteiger partial charge in [-0.1, -0.05) is 0 Å². The number of nitrogens with one attached hydrogen (secondary N) is 2. The molecule has 5 heteroatoms. The van der Waals surface area contributed by atoms with Crippen molar-refractivity contribution >= 4 is 17.0 Å². The molecule has 1 aliphatic rings. The molecule has 3 rings (SSSR count). The first-order valence-electron chi connectivity index (χ1n) is 5.12. The number of hydrogen-bond donors (Lipinski definition) is 2. The third-order valence-corrected chi connectivity index (χ3v) is 2.13. The quantitative estimate of drug-likeness (QED) is 0.678. The van der Waals surface area contributed by atoms with E-state index >= 15 is 0 Å². The van der Waals surface area contributed by atoms with E-state index in [1.807, 2.05) is 18.2 Å². The number of fused-ring (bicyclic) bond motifs is 1. The molecule has 16 heavy (non-hydrogen) atoms. The van der Waals surface area contributed by atoms with Crippen molar-refractivity contribution in [1.29, 1.82) is 0 Å². The first-order chi connectivity index (χ1) is 7.86. The first-order valence-corrected chi connectivity index (χ1v) is 5.12. The lowest BCUT2D eigenvalue weighted by molar-refractivity contribution is -0.121. The van der Waals surface area contributed by atoms with E-state index in [-0.39, 0.29) is 5.91 Å². The van der Waals surface area contributed by atoms with Crippen molar-refractivity contribution < 1.29 is 9.21 Å². The maximum atomic E-state index is 10.3. The summed E-state index contributed by atoms with van der Waals surface area (Å²) in [4.78, 5) is 14.3. The molecule has 0 spiro atoms. The van der Waals surface area contributed by atoms with Gasteiger partial charge in [-0.05, 0) is 12.1 Å². The predicted molar refractivity (Wildman–Crippen MR) is 59.9 cm³/mol. The molecule has 84 valence electrons. The van der Waals surface area contributed by atoms with Gasteiger partial charge in [-0.25, -0.2) is 0 Å². The number of rotatable bonds is 0. The average molecular weight is 219 g/mol. The maximum Gasteiger partial charge on any atom is 0.234 e. The summed E-state index contributed by atoms with van der Waals surface area (Å²) in [6, 6.07) is 5.59. The van der Waals surface area contributed by atoms with Gasteiger partial charge in [0, 0.05) is 25.4 Å². The molecule has 1 fully saturated rings. The molecule has 0 saturated carbocycles. The van der Waals surface area contributed by atoms with Crippen LogP contribution in [0.25, 0.3) is 11.1 Å². The molecule has 2 aromatic heterocycles. The first kappa shape index (κ1) is 10.6. The van der Waals surface area contributed by atoms with Gasteiger partial charge >= 0.3 is 0 Å². The maximum absolute atomic E-state index is 10.3. The van der Waals surface area contributed by atoms with Crippen LogP contribution in [0.4, 0.5) is 0 Å². The summed E-state index contributed by atoms with van der Waals surface area (Å²) < 4.78 is 5.06. The van der Waals surface area contributed by atoms with Crippen LogP contribution in [0.15, 0.2) is 35.1 Å². The van der Waals surface area contributed by atoms with Gasteiger partial charge in [0.2, 0.25) is 5.91 Å². The van der Waals surface area contributed by atoms with Crippen LogP contribution in [0.2, 0.25) is 0 Å². The van der Waals surface area contributed by atoms with Crippen LogP contribution < -0.4 is 10.6 Å². The molecule has 1 aliphatic heterocycles. The summed E-state index contributed by atoms with van der Waals surface area (Å²) in [5.74, 6) is 0.103. The van der Waals surface area contributed by atoms with E-state index in [0.29, 0.717) is 6.54 Å². The highest BCUT2D eigenvalue weighted by molar-refractivity contribution is 5.78. The summed E-state index contributed by atoms with van der Waals surface area (Å²) in [6.07, 6.45) is 3.38. The van der Waals surface area contributed by atoms with E-state index in [1.54, 1.807) is 12.5 Å². The zero-order valence-corrected chi connectivity index (χ0v) is 8.77. The smallest absolute Gasteiger partial charge is 0.234 e. The average Bonchev–Trinajstić information content (AvgIpc) is 2.79. The summed E-state index contributed by atoms with van der Waals surface area (Å²) >= 11 is 0. The lowest BCUT2D eigenvalue weighted by atomic mass is 10.4. The number of hydrogen-bond acceptors (Lipinski definition) is 4. The second-order valence-corrected chi connectivity index (χ2v) is 3.33. The molecule has 2 aromatic rings. The number of pyridine rings is 1. The number of carbonyl (C=O) groups excluding carboxylic acids is 1. The number of furan rings is 1. The summed E-state index contributed by atoms with van der Waals surface area (Å²) in [5, 5.41) is 5.60. The Labute approximate surface area is 92.8 Å². The number of piperazine rings is 1. The summed E-state index contributed by atoms with van der Waals surface area (Å²) in [7, 11) is 0. The Bertz CT molecular complexity index is 429. The number of aromatic nitrogens is 1. The molecule has 0 radical (unpaired) electrons. The second kappa shape index (κ2) is 5.27. The van der Waals surface area contributed by atoms with Gasteiger partial charge in [0.25, 0.3) is 0 Å². The highest BCUT2D eigenvalue weighted by Gasteiger charge is 2.02. The number of nitrogens with zero attached hydrogens (tertiary/aromatic N) is 1. The fourth-order valence-electron chi connectivity index (χ4n) is 1.35. The third-order valence-electron chi connectivity index (χ3n) is 2.13. The minimum Gasteiger partial charge on any atom is -0.463 e. The summed E-state index contributed by atoms with van der Waals surface area (Å²) in [5.41, 5.74) is 1.76. The van der Waals surface area contributed by atoms with Crippen molar-refractivity contribution in [1.82, 2.24) is 15.6 Å². The lowest BCUT2D eigenvalue weighted by Gasteiger charge is -2.11. The molecular formula is C11H13N3O2. The Hall–Kier alpha value is -1.88. The normalized spacial score (nSPS) is 15.1. The van der Waals surface area contributed by atoms with Gasteiger partial charge in [0.05, 0.1) is 12.8 Å². The molecule has 1 amide bonds. The van der Waals surface area contributed by atoms with E-state index in [2.05, 4.69) is 15.6 Å². The van der Waals surface area contributed by atoms with Crippen molar-refractivity contribution in [3.63, 3.8) is 0 Å². The molecule has 0 unspecified atom stereocenters. The Balaban J connectivity index is 0.000000125. The number of carbonyl (C=O) groups is 1. The third kappa shape index (κ3) is 2.80. The van der Waals surface area contributed by atoms with E-state index in [9.17, 15) is 4.79 Å². The van der Waals surface area contributed by atoms with E-state index in [1.165, 1.54) is 0 Å². The molecule has 1 saturated heterocycles. The Morgan fingerprint density at radius 1 is 1.31 bits per heavy atom. The SMILES string of the molecule is O=C1CNCCN1.c1cnc2ccoc2c1. The van der Waals surface area contributed by atoms with Gasteiger partial charge < -0.3 is 15.1 Å². The molecule has 2 N–H and O–H groups in total. The van der Waals surface area contributed by atoms with Crippen LogP contribution in [0, 0.1) is 0 Å². The minimum atomic E-state index is 0.103. The van der Waals surface area contributed by atoms with Crippen molar-refractivity contribution in [2.45, 2.75) is 0 Å². The van der Waals surface area contributed by atoms with Crippen molar-refractivity contribution in [2.24, 2.45) is 0 Å². The Morgan fingerprint density at radius 3 is 2.88 bits per heavy atom. The van der Waals surface area contributed by atoms with Crippen LogP contribution in [0.1, 0.15) is 0 Å². The molecule has 0 bridgehead atoms. The molecule has 0 aromatic carbocycles. The van der Waals surface area contributed by atoms with Gasteiger partial charge in [0.1, 0.15) is 5.52 Å². The van der Waals surface area contributed by atoms with Gasteiger partial charge in [-0.3, -0.25) is 9.78 Å². The zero-order chi connectivity index (χ0) is 11.2. The van der Waals surface area contributed by atoms with Gasteiger partial charge in [0.15, 0.2) is 5.58 Å². The van der Waals surface area contributed by atoms with Crippen LogP contribution in [0.3, 0.4) is 0 Å². The van der Waals surface area contributed by atoms with E-state index < -0.39 is 0 Å². The van der Waals surface area contributed by atoms with Gasteiger partial charge in [-0.15, -0.1) is 0 Å². The topological polar surface area (TPSA) is 67.2 Å². The number of amides is 1. The minimum absolute atomic E-state index is 0.103. The molecular weight excluding hydrogens is 206 g/mol. The lowest BCUT2D eigenvalue weighted by Crippen LogP contribution is -2.44. The van der Waals surface area contributed by atoms with Crippen LogP contribution in [0.5, 0.6) is 0 Å². The van der Waals surface area contributed by atoms with E-state index in [0.717, 1.165) is 24.2 Å². The zero-order valence-electron chi connectivity index (χ0n) is 8.77. The van der Waals surface area contributed by atoms with Crippen molar-refractivity contribution in [3.8, 4) is 0 Å². The fourth-order valence-corrected chi connectivity index (χ4v) is 1.35. The Morgan fingerprint density at radius 2 is 2.25 bits per heavy atom. The van der Waals surface area contributed by atoms with Crippen LogP contribution in [-0.2, 0) is 4.79 Å².